The normalized spacial score (nSPS) is 12.3. The maximum absolute atomic E-state index is 6.61. The molecule has 5 heterocycles. The van der Waals surface area contributed by atoms with Crippen LogP contribution >= 0.6 is 11.3 Å². The molecule has 11 aromatic rings. The first kappa shape index (κ1) is 24.4. The van der Waals surface area contributed by atoms with Crippen molar-refractivity contribution >= 4 is 97.2 Å². The highest BCUT2D eigenvalue weighted by atomic mass is 32.1. The largest absolute Gasteiger partial charge is 0.457 e. The quantitative estimate of drug-likeness (QED) is 0.184. The van der Waals surface area contributed by atoms with Gasteiger partial charge in [-0.2, -0.15) is 0 Å². The van der Waals surface area contributed by atoms with E-state index in [1.807, 2.05) is 23.7 Å². The number of imidazole rings is 2. The number of nitrogens with zero attached hydrogens (tertiary/aromatic N) is 4. The van der Waals surface area contributed by atoms with Crippen molar-refractivity contribution in [3.8, 4) is 11.5 Å². The monoisotopic (exact) mass is 606 g/mol. The maximum atomic E-state index is 6.61. The molecule has 0 bridgehead atoms. The number of hydrogen-bond donors (Lipinski definition) is 0. The summed E-state index contributed by atoms with van der Waals surface area (Å²) in [6.07, 6.45) is 3.87. The van der Waals surface area contributed by atoms with Crippen molar-refractivity contribution in [3.63, 3.8) is 0 Å². The van der Waals surface area contributed by atoms with E-state index in [0.29, 0.717) is 0 Å². The highest BCUT2D eigenvalue weighted by Crippen LogP contribution is 2.41. The number of hydrogen-bond acceptors (Lipinski definition) is 4. The summed E-state index contributed by atoms with van der Waals surface area (Å²) in [6, 6.07) is 42.9. The van der Waals surface area contributed by atoms with Crippen LogP contribution in [0.5, 0.6) is 11.5 Å². The Balaban J connectivity index is 1.15. The van der Waals surface area contributed by atoms with Crippen LogP contribution in [-0.4, -0.2) is 18.8 Å². The first-order valence-electron chi connectivity index (χ1n) is 15.3. The third-order valence-electron chi connectivity index (χ3n) is 9.38. The summed E-state index contributed by atoms with van der Waals surface area (Å²) in [7, 11) is 0. The van der Waals surface area contributed by atoms with Gasteiger partial charge in [-0.15, -0.1) is 11.3 Å². The van der Waals surface area contributed by atoms with Crippen molar-refractivity contribution in [1.82, 2.24) is 18.8 Å². The number of fused-ring (bicyclic) bond motifs is 17. The molecule has 5 nitrogen and oxygen atoms in total. The van der Waals surface area contributed by atoms with Crippen molar-refractivity contribution in [2.24, 2.45) is 0 Å². The molecule has 0 amide bonds. The van der Waals surface area contributed by atoms with E-state index in [-0.39, 0.29) is 0 Å². The second-order valence-corrected chi connectivity index (χ2v) is 13.0. The SMILES string of the molecule is c1ccc2c(c1)nc1c3cc(Oc4ccc5c6ccccc6n6ccnc6c5c4)ccc3c3cc4sc5ccccc5c4cc3n21. The van der Waals surface area contributed by atoms with Crippen molar-refractivity contribution < 1.29 is 4.74 Å². The summed E-state index contributed by atoms with van der Waals surface area (Å²) in [5.41, 5.74) is 6.22. The minimum absolute atomic E-state index is 0.767. The summed E-state index contributed by atoms with van der Waals surface area (Å²) in [6.45, 7) is 0. The second-order valence-electron chi connectivity index (χ2n) is 11.9. The molecule has 0 aliphatic carbocycles. The smallest absolute Gasteiger partial charge is 0.146 e. The first-order chi connectivity index (χ1) is 22.8. The molecule has 11 rings (SSSR count). The lowest BCUT2D eigenvalue weighted by atomic mass is 10.0. The predicted octanol–water partition coefficient (Wildman–Crippen LogP) is 10.9. The van der Waals surface area contributed by atoms with Gasteiger partial charge < -0.3 is 4.74 Å². The van der Waals surface area contributed by atoms with E-state index >= 15 is 0 Å². The molecule has 214 valence electrons. The number of aromatic nitrogens is 4. The average molecular weight is 607 g/mol. The van der Waals surface area contributed by atoms with Gasteiger partial charge in [0.05, 0.1) is 22.1 Å². The Hall–Kier alpha value is -5.98. The lowest BCUT2D eigenvalue weighted by molar-refractivity contribution is 0.484. The summed E-state index contributed by atoms with van der Waals surface area (Å²) >= 11 is 1.85. The minimum Gasteiger partial charge on any atom is -0.457 e. The first-order valence-corrected chi connectivity index (χ1v) is 16.1. The van der Waals surface area contributed by atoms with E-state index < -0.39 is 0 Å². The number of thiophene rings is 1. The van der Waals surface area contributed by atoms with Crippen LogP contribution in [0.4, 0.5) is 0 Å². The van der Waals surface area contributed by atoms with Crippen molar-refractivity contribution in [1.29, 1.82) is 0 Å². The van der Waals surface area contributed by atoms with Gasteiger partial charge in [0.1, 0.15) is 22.8 Å². The highest BCUT2D eigenvalue weighted by molar-refractivity contribution is 7.25. The van der Waals surface area contributed by atoms with Crippen molar-refractivity contribution in [2.45, 2.75) is 0 Å². The highest BCUT2D eigenvalue weighted by Gasteiger charge is 2.17. The van der Waals surface area contributed by atoms with E-state index in [1.54, 1.807) is 0 Å². The second kappa shape index (κ2) is 8.81. The third-order valence-corrected chi connectivity index (χ3v) is 10.5. The maximum Gasteiger partial charge on any atom is 0.146 e. The van der Waals surface area contributed by atoms with E-state index in [1.165, 1.54) is 30.9 Å². The van der Waals surface area contributed by atoms with Gasteiger partial charge in [-0.25, -0.2) is 9.97 Å². The zero-order valence-corrected chi connectivity index (χ0v) is 25.1. The van der Waals surface area contributed by atoms with Gasteiger partial charge in [-0.05, 0) is 83.6 Å². The number of para-hydroxylation sites is 3. The number of ether oxygens (including phenoxy) is 1. The number of benzene rings is 6. The Kier molecular flexibility index (Phi) is 4.66. The van der Waals surface area contributed by atoms with Gasteiger partial charge in [-0.3, -0.25) is 8.80 Å². The van der Waals surface area contributed by atoms with Crippen LogP contribution in [0.25, 0.3) is 85.9 Å². The third kappa shape index (κ3) is 3.23. The zero-order chi connectivity index (χ0) is 29.9. The molecular weight excluding hydrogens is 585 g/mol. The van der Waals surface area contributed by atoms with Gasteiger partial charge in [0.2, 0.25) is 0 Å². The lowest BCUT2D eigenvalue weighted by Crippen LogP contribution is -1.93. The average Bonchev–Trinajstić information content (AvgIpc) is 3.84. The Morgan fingerprint density at radius 1 is 0.500 bits per heavy atom. The van der Waals surface area contributed by atoms with Gasteiger partial charge in [0, 0.05) is 54.1 Å². The van der Waals surface area contributed by atoms with Crippen molar-refractivity contribution in [2.75, 3.05) is 0 Å². The van der Waals surface area contributed by atoms with E-state index in [2.05, 4.69) is 130 Å². The van der Waals surface area contributed by atoms with E-state index in [9.17, 15) is 0 Å². The molecule has 0 aliphatic rings. The summed E-state index contributed by atoms with van der Waals surface area (Å²) < 4.78 is 13.7. The standard InChI is InChI=1S/C40H22N4OS/c1-4-10-34-27(7-1)25-15-13-23(19-31(25)39-41-17-18-43(34)39)45-24-14-16-26-29-22-38-30(28-8-2-6-12-37(28)46-38)21-36(29)44-35-11-5-3-9-33(35)42-40(44)32(26)20-24/h1-22H. The molecule has 6 heteroatoms. The molecule has 0 aliphatic heterocycles. The summed E-state index contributed by atoms with van der Waals surface area (Å²) in [4.78, 5) is 9.87. The van der Waals surface area contributed by atoms with Crippen LogP contribution in [0.3, 0.4) is 0 Å². The fourth-order valence-corrected chi connectivity index (χ4v) is 8.50. The molecule has 0 N–H and O–H groups in total. The van der Waals surface area contributed by atoms with Crippen LogP contribution in [0.1, 0.15) is 0 Å². The molecule has 0 radical (unpaired) electrons. The van der Waals surface area contributed by atoms with Crippen molar-refractivity contribution in [3.05, 3.63) is 134 Å². The number of pyridine rings is 2. The Morgan fingerprint density at radius 3 is 2.09 bits per heavy atom. The molecule has 0 spiro atoms. The van der Waals surface area contributed by atoms with Crippen LogP contribution in [0, 0.1) is 0 Å². The fourth-order valence-electron chi connectivity index (χ4n) is 7.37. The molecule has 0 fully saturated rings. The number of rotatable bonds is 2. The topological polar surface area (TPSA) is 43.8 Å². The Morgan fingerprint density at radius 2 is 1.22 bits per heavy atom. The van der Waals surface area contributed by atoms with Crippen LogP contribution in [0.2, 0.25) is 0 Å². The Bertz CT molecular complexity index is 3080. The molecule has 0 saturated heterocycles. The molecule has 0 unspecified atom stereocenters. The predicted molar refractivity (Wildman–Crippen MR) is 191 cm³/mol. The fraction of sp³-hybridized carbons (Fsp3) is 0. The zero-order valence-electron chi connectivity index (χ0n) is 24.3. The van der Waals surface area contributed by atoms with Gasteiger partial charge in [-0.1, -0.05) is 48.5 Å². The van der Waals surface area contributed by atoms with E-state index in [4.69, 9.17) is 14.7 Å². The molecule has 5 aromatic heterocycles. The van der Waals surface area contributed by atoms with Gasteiger partial charge in [0.25, 0.3) is 0 Å². The Labute approximate surface area is 265 Å². The lowest BCUT2D eigenvalue weighted by Gasteiger charge is -2.13. The molecular formula is C40H22N4OS. The molecule has 0 saturated carbocycles. The summed E-state index contributed by atoms with van der Waals surface area (Å²) in [5, 5.41) is 9.40. The molecule has 6 aromatic carbocycles. The van der Waals surface area contributed by atoms with Crippen LogP contribution < -0.4 is 4.74 Å². The van der Waals surface area contributed by atoms with Gasteiger partial charge in [0.15, 0.2) is 0 Å². The van der Waals surface area contributed by atoms with Gasteiger partial charge >= 0.3 is 0 Å². The van der Waals surface area contributed by atoms with Crippen LogP contribution in [-0.2, 0) is 0 Å². The van der Waals surface area contributed by atoms with E-state index in [0.717, 1.165) is 66.4 Å². The summed E-state index contributed by atoms with van der Waals surface area (Å²) in [5.74, 6) is 1.53. The molecule has 46 heavy (non-hydrogen) atoms. The van der Waals surface area contributed by atoms with Crippen LogP contribution in [0.15, 0.2) is 134 Å². The molecule has 0 atom stereocenters. The minimum atomic E-state index is 0.767.